The van der Waals surface area contributed by atoms with Crippen LogP contribution in [-0.4, -0.2) is 22.7 Å². The maximum atomic E-state index is 10.3. The summed E-state index contributed by atoms with van der Waals surface area (Å²) in [5.74, 6) is 0. The van der Waals surface area contributed by atoms with Crippen LogP contribution in [0.5, 0.6) is 0 Å². The van der Waals surface area contributed by atoms with Crippen LogP contribution in [0.2, 0.25) is 0 Å². The Labute approximate surface area is 69.0 Å². The summed E-state index contributed by atoms with van der Waals surface area (Å²) in [4.78, 5) is 0. The fourth-order valence-electron chi connectivity index (χ4n) is 0.235. The van der Waals surface area contributed by atoms with Gasteiger partial charge in [-0.2, -0.15) is 8.42 Å². The third kappa shape index (κ3) is 1.96. The Bertz CT molecular complexity index is 210. The van der Waals surface area contributed by atoms with Gasteiger partial charge in [0.2, 0.25) is 0 Å². The Morgan fingerprint density at radius 2 is 1.90 bits per heavy atom. The van der Waals surface area contributed by atoms with Crippen LogP contribution in [-0.2, 0) is 10.1 Å². The van der Waals surface area contributed by atoms with E-state index in [1.54, 1.807) is 0 Å². The summed E-state index contributed by atoms with van der Waals surface area (Å²) in [5.41, 5.74) is 5.05. The molecule has 0 aromatic carbocycles. The Kier molecular flexibility index (Phi) is 2.95. The van der Waals surface area contributed by atoms with E-state index in [0.29, 0.717) is 0 Å². The normalized spacial score (nSPS) is 16.9. The maximum Gasteiger partial charge on any atom is 0.300 e. The number of alkyl halides is 2. The van der Waals surface area contributed by atoms with Crippen LogP contribution in [0.15, 0.2) is 0 Å². The second-order valence-electron chi connectivity index (χ2n) is 1.83. The Morgan fingerprint density at radius 1 is 1.60 bits per heavy atom. The third-order valence-corrected chi connectivity index (χ3v) is 3.79. The van der Waals surface area contributed by atoms with Gasteiger partial charge in [0.05, 0.1) is 6.04 Å². The first-order valence-corrected chi connectivity index (χ1v) is 4.49. The number of nitrogens with two attached hydrogens (primary N) is 1. The zero-order valence-corrected chi connectivity index (χ0v) is 7.41. The van der Waals surface area contributed by atoms with Crippen LogP contribution < -0.4 is 5.73 Å². The molecule has 0 aromatic rings. The predicted molar refractivity (Wildman–Crippen MR) is 39.6 cm³/mol. The maximum absolute atomic E-state index is 10.3. The van der Waals surface area contributed by atoms with E-state index in [4.69, 9.17) is 33.5 Å². The van der Waals surface area contributed by atoms with Crippen LogP contribution in [0.3, 0.4) is 0 Å². The molecule has 0 radical (unpaired) electrons. The van der Waals surface area contributed by atoms with E-state index in [1.807, 2.05) is 0 Å². The summed E-state index contributed by atoms with van der Waals surface area (Å²) in [7, 11) is -4.50. The van der Waals surface area contributed by atoms with Gasteiger partial charge in [0.15, 0.2) is 0 Å². The Hall–Kier alpha value is 0.450. The van der Waals surface area contributed by atoms with Crippen molar-refractivity contribution in [3.05, 3.63) is 0 Å². The van der Waals surface area contributed by atoms with Crippen molar-refractivity contribution in [3.63, 3.8) is 0 Å². The molecule has 0 saturated carbocycles. The minimum atomic E-state index is -4.50. The van der Waals surface area contributed by atoms with Gasteiger partial charge in [-0.1, -0.05) is 23.2 Å². The molecule has 1 unspecified atom stereocenters. The summed E-state index contributed by atoms with van der Waals surface area (Å²) in [5, 5.41) is 0. The summed E-state index contributed by atoms with van der Waals surface area (Å²) in [6.45, 7) is 1.27. The minimum absolute atomic E-state index is 1.05. The number of hydrogen-bond acceptors (Lipinski definition) is 3. The van der Waals surface area contributed by atoms with Gasteiger partial charge in [0, 0.05) is 0 Å². The molecule has 10 heavy (non-hydrogen) atoms. The van der Waals surface area contributed by atoms with Crippen molar-refractivity contribution >= 4 is 33.3 Å². The fraction of sp³-hybridized carbons (Fsp3) is 1.00. The number of rotatable bonds is 2. The van der Waals surface area contributed by atoms with Crippen LogP contribution >= 0.6 is 23.2 Å². The zero-order chi connectivity index (χ0) is 8.58. The molecular weight excluding hydrogens is 201 g/mol. The highest BCUT2D eigenvalue weighted by atomic mass is 35.5. The molecule has 7 heteroatoms. The molecule has 62 valence electrons. The van der Waals surface area contributed by atoms with Gasteiger partial charge in [-0.3, -0.25) is 4.55 Å². The largest absolute Gasteiger partial charge is 0.324 e. The van der Waals surface area contributed by atoms with Crippen molar-refractivity contribution in [2.45, 2.75) is 16.6 Å². The molecule has 0 amide bonds. The van der Waals surface area contributed by atoms with E-state index in [9.17, 15) is 8.42 Å². The van der Waals surface area contributed by atoms with Crippen LogP contribution in [0.4, 0.5) is 0 Å². The fourth-order valence-corrected chi connectivity index (χ4v) is 0.705. The van der Waals surface area contributed by atoms with E-state index < -0.39 is 19.8 Å². The lowest BCUT2D eigenvalue weighted by Crippen LogP contribution is -2.42. The van der Waals surface area contributed by atoms with Crippen LogP contribution in [0.1, 0.15) is 6.92 Å². The van der Waals surface area contributed by atoms with Gasteiger partial charge in [0.25, 0.3) is 3.67 Å². The van der Waals surface area contributed by atoms with E-state index in [0.717, 1.165) is 0 Å². The topological polar surface area (TPSA) is 80.4 Å². The molecule has 0 aliphatic rings. The van der Waals surface area contributed by atoms with Gasteiger partial charge in [0.1, 0.15) is 0 Å². The van der Waals surface area contributed by atoms with Crippen LogP contribution in [0.25, 0.3) is 0 Å². The second-order valence-corrected chi connectivity index (χ2v) is 5.25. The summed E-state index contributed by atoms with van der Waals surface area (Å²) in [6.07, 6.45) is 0. The molecule has 0 aromatic heterocycles. The molecule has 0 saturated heterocycles. The highest BCUT2D eigenvalue weighted by Crippen LogP contribution is 2.29. The molecule has 0 spiro atoms. The van der Waals surface area contributed by atoms with Gasteiger partial charge >= 0.3 is 10.1 Å². The van der Waals surface area contributed by atoms with Gasteiger partial charge in [-0.15, -0.1) is 0 Å². The first-order valence-electron chi connectivity index (χ1n) is 2.30. The van der Waals surface area contributed by atoms with E-state index in [-0.39, 0.29) is 0 Å². The molecule has 3 N–H and O–H groups in total. The average Bonchev–Trinajstić information content (AvgIpc) is 1.62. The molecule has 0 aliphatic carbocycles. The SMILES string of the molecule is CC(N)C(Cl)(Cl)S(=O)(=O)O. The van der Waals surface area contributed by atoms with Gasteiger partial charge in [-0.05, 0) is 6.92 Å². The molecule has 1 atom stereocenters. The number of hydrogen-bond donors (Lipinski definition) is 2. The first kappa shape index (κ1) is 10.4. The smallest absolute Gasteiger partial charge is 0.300 e. The Morgan fingerprint density at radius 3 is 1.90 bits per heavy atom. The molecular formula is C3H7Cl2NO3S. The molecule has 0 rings (SSSR count). The molecule has 0 fully saturated rings. The first-order chi connectivity index (χ1) is 4.19. The summed E-state index contributed by atoms with van der Waals surface area (Å²) >= 11 is 10.3. The van der Waals surface area contributed by atoms with E-state index in [1.165, 1.54) is 6.92 Å². The van der Waals surface area contributed by atoms with Crippen molar-refractivity contribution in [2.75, 3.05) is 0 Å². The Balaban J connectivity index is 4.76. The zero-order valence-electron chi connectivity index (χ0n) is 5.08. The van der Waals surface area contributed by atoms with E-state index >= 15 is 0 Å². The minimum Gasteiger partial charge on any atom is -0.324 e. The lowest BCUT2D eigenvalue weighted by Gasteiger charge is -2.19. The molecule has 0 heterocycles. The van der Waals surface area contributed by atoms with Crippen molar-refractivity contribution in [1.82, 2.24) is 0 Å². The quantitative estimate of drug-likeness (QED) is 0.506. The standard InChI is InChI=1S/C3H7Cl2NO3S/c1-2(6)3(4,5)10(7,8)9/h2H,6H2,1H3,(H,7,8,9). The van der Waals surface area contributed by atoms with Crippen LogP contribution in [0, 0.1) is 0 Å². The number of halogens is 2. The second kappa shape index (κ2) is 2.83. The lowest BCUT2D eigenvalue weighted by molar-refractivity contribution is 0.466. The summed E-state index contributed by atoms with van der Waals surface area (Å²) in [6, 6.07) is -1.05. The average molecular weight is 208 g/mol. The molecule has 0 bridgehead atoms. The highest BCUT2D eigenvalue weighted by Gasteiger charge is 2.42. The molecule has 4 nitrogen and oxygen atoms in total. The third-order valence-electron chi connectivity index (χ3n) is 0.874. The van der Waals surface area contributed by atoms with Gasteiger partial charge in [-0.25, -0.2) is 0 Å². The highest BCUT2D eigenvalue weighted by molar-refractivity contribution is 7.90. The monoisotopic (exact) mass is 207 g/mol. The van der Waals surface area contributed by atoms with Crippen molar-refractivity contribution in [2.24, 2.45) is 5.73 Å². The molecule has 0 aliphatic heterocycles. The van der Waals surface area contributed by atoms with Crippen molar-refractivity contribution in [1.29, 1.82) is 0 Å². The predicted octanol–water partition coefficient (Wildman–Crippen LogP) is 0.353. The van der Waals surface area contributed by atoms with Crippen molar-refractivity contribution in [3.8, 4) is 0 Å². The summed E-state index contributed by atoms with van der Waals surface area (Å²) < 4.78 is 26.6. The van der Waals surface area contributed by atoms with E-state index in [2.05, 4.69) is 0 Å². The van der Waals surface area contributed by atoms with Crippen molar-refractivity contribution < 1.29 is 13.0 Å². The van der Waals surface area contributed by atoms with Gasteiger partial charge < -0.3 is 5.73 Å². The lowest BCUT2D eigenvalue weighted by atomic mass is 10.4.